The molecule has 32 heavy (non-hydrogen) atoms. The van der Waals surface area contributed by atoms with Gasteiger partial charge in [-0.05, 0) is 42.5 Å². The molecule has 5 rings (SSSR count). The zero-order chi connectivity index (χ0) is 22.5. The highest BCUT2D eigenvalue weighted by Crippen LogP contribution is 2.30. The predicted molar refractivity (Wildman–Crippen MR) is 118 cm³/mol. The van der Waals surface area contributed by atoms with Gasteiger partial charge >= 0.3 is 0 Å². The first-order valence-electron chi connectivity index (χ1n) is 9.71. The Bertz CT molecular complexity index is 1360. The predicted octanol–water partition coefficient (Wildman–Crippen LogP) is 1.92. The van der Waals surface area contributed by atoms with E-state index >= 15 is 0 Å². The third-order valence-corrected chi connectivity index (χ3v) is 6.41. The van der Waals surface area contributed by atoms with E-state index < -0.39 is 27.7 Å². The van der Waals surface area contributed by atoms with Gasteiger partial charge in [0.2, 0.25) is 0 Å². The Morgan fingerprint density at radius 3 is 2.41 bits per heavy atom. The molecule has 0 atom stereocenters. The van der Waals surface area contributed by atoms with Crippen LogP contribution in [0.5, 0.6) is 0 Å². The fraction of sp³-hybridized carbons (Fsp3) is 0.0909. The number of anilines is 2. The van der Waals surface area contributed by atoms with Gasteiger partial charge in [0.15, 0.2) is 0 Å². The maximum absolute atomic E-state index is 12.7. The number of sulfonamides is 1. The van der Waals surface area contributed by atoms with Gasteiger partial charge in [0.05, 0.1) is 28.1 Å². The SMILES string of the molecule is O=C(Nc1cccc(N2C(=O)c3ccccc3C2=O)c1)C1=CN2CCS(=O)(=O)N=C2C=C1. The highest BCUT2D eigenvalue weighted by molar-refractivity contribution is 7.90. The Hall–Kier alpha value is -4.05. The highest BCUT2D eigenvalue weighted by Gasteiger charge is 2.36. The number of rotatable bonds is 3. The molecule has 3 amide bonds. The Balaban J connectivity index is 1.36. The lowest BCUT2D eigenvalue weighted by Gasteiger charge is -2.27. The minimum absolute atomic E-state index is 0.127. The van der Waals surface area contributed by atoms with Crippen LogP contribution < -0.4 is 10.2 Å². The van der Waals surface area contributed by atoms with Gasteiger partial charge in [-0.15, -0.1) is 4.40 Å². The molecule has 0 aromatic heterocycles. The summed E-state index contributed by atoms with van der Waals surface area (Å²) >= 11 is 0. The number of carbonyl (C=O) groups is 3. The van der Waals surface area contributed by atoms with Gasteiger partial charge < -0.3 is 10.2 Å². The molecule has 0 fully saturated rings. The number of carbonyl (C=O) groups excluding carboxylic acids is 3. The Kier molecular flexibility index (Phi) is 4.52. The molecule has 0 spiro atoms. The molecule has 3 aliphatic rings. The van der Waals surface area contributed by atoms with Crippen LogP contribution in [0.25, 0.3) is 0 Å². The second-order valence-electron chi connectivity index (χ2n) is 7.34. The molecule has 3 heterocycles. The zero-order valence-corrected chi connectivity index (χ0v) is 17.4. The Labute approximate surface area is 183 Å². The van der Waals surface area contributed by atoms with Crippen LogP contribution in [0.3, 0.4) is 0 Å². The van der Waals surface area contributed by atoms with Crippen molar-refractivity contribution in [2.24, 2.45) is 4.40 Å². The van der Waals surface area contributed by atoms with E-state index in [4.69, 9.17) is 0 Å². The third-order valence-electron chi connectivity index (χ3n) is 5.24. The molecule has 0 saturated heterocycles. The summed E-state index contributed by atoms with van der Waals surface area (Å²) < 4.78 is 26.9. The van der Waals surface area contributed by atoms with Crippen LogP contribution in [0.1, 0.15) is 20.7 Å². The smallest absolute Gasteiger partial charge is 0.266 e. The van der Waals surface area contributed by atoms with Crippen molar-refractivity contribution >= 4 is 45.0 Å². The quantitative estimate of drug-likeness (QED) is 0.718. The Morgan fingerprint density at radius 1 is 0.969 bits per heavy atom. The first-order chi connectivity index (χ1) is 15.3. The van der Waals surface area contributed by atoms with E-state index in [1.807, 2.05) is 0 Å². The molecule has 3 aliphatic heterocycles. The van der Waals surface area contributed by atoms with Crippen molar-refractivity contribution in [3.63, 3.8) is 0 Å². The average molecular weight is 448 g/mol. The van der Waals surface area contributed by atoms with Gasteiger partial charge in [-0.1, -0.05) is 18.2 Å². The number of benzene rings is 2. The van der Waals surface area contributed by atoms with Gasteiger partial charge in [0.1, 0.15) is 5.84 Å². The summed E-state index contributed by atoms with van der Waals surface area (Å²) in [6.07, 6.45) is 4.50. The van der Waals surface area contributed by atoms with E-state index in [1.165, 1.54) is 18.4 Å². The number of amidine groups is 1. The lowest BCUT2D eigenvalue weighted by Crippen LogP contribution is -2.37. The van der Waals surface area contributed by atoms with Gasteiger partial charge in [0.25, 0.3) is 27.7 Å². The average Bonchev–Trinajstić information content (AvgIpc) is 3.03. The maximum Gasteiger partial charge on any atom is 0.266 e. The largest absolute Gasteiger partial charge is 0.330 e. The van der Waals surface area contributed by atoms with E-state index in [1.54, 1.807) is 53.4 Å². The monoisotopic (exact) mass is 448 g/mol. The fourth-order valence-corrected chi connectivity index (χ4v) is 4.65. The molecule has 2 aromatic carbocycles. The number of fused-ring (bicyclic) bond motifs is 2. The second kappa shape index (κ2) is 7.27. The zero-order valence-electron chi connectivity index (χ0n) is 16.6. The van der Waals surface area contributed by atoms with Crippen LogP contribution in [-0.2, 0) is 14.8 Å². The topological polar surface area (TPSA) is 116 Å². The molecule has 0 aliphatic carbocycles. The molecule has 0 unspecified atom stereocenters. The molecule has 0 saturated carbocycles. The van der Waals surface area contributed by atoms with Gasteiger partial charge in [0, 0.05) is 18.4 Å². The second-order valence-corrected chi connectivity index (χ2v) is 9.10. The van der Waals surface area contributed by atoms with E-state index in [0.717, 1.165) is 4.90 Å². The minimum atomic E-state index is -3.48. The number of hydrogen-bond donors (Lipinski definition) is 1. The standard InChI is InChI=1S/C22H16N4O5S/c27-20(14-8-9-19-24-32(30,31)11-10-25(19)13-14)23-15-4-3-5-16(12-15)26-21(28)17-6-1-2-7-18(17)22(26)29/h1-9,12-13H,10-11H2,(H,23,27). The highest BCUT2D eigenvalue weighted by atomic mass is 32.2. The lowest BCUT2D eigenvalue weighted by molar-refractivity contribution is -0.112. The Morgan fingerprint density at radius 2 is 1.69 bits per heavy atom. The fourth-order valence-electron chi connectivity index (χ4n) is 3.69. The molecule has 160 valence electrons. The number of imide groups is 1. The van der Waals surface area contributed by atoms with Crippen LogP contribution in [0, 0.1) is 0 Å². The molecule has 0 radical (unpaired) electrons. The summed E-state index contributed by atoms with van der Waals surface area (Å²) in [7, 11) is -3.48. The molecule has 10 heteroatoms. The first-order valence-corrected chi connectivity index (χ1v) is 11.3. The molecule has 0 bridgehead atoms. The van der Waals surface area contributed by atoms with Crippen molar-refractivity contribution in [3.8, 4) is 0 Å². The van der Waals surface area contributed by atoms with Crippen molar-refractivity contribution in [2.75, 3.05) is 22.5 Å². The summed E-state index contributed by atoms with van der Waals surface area (Å²) in [5, 5.41) is 2.75. The lowest BCUT2D eigenvalue weighted by atomic mass is 10.1. The van der Waals surface area contributed by atoms with E-state index in [0.29, 0.717) is 28.1 Å². The van der Waals surface area contributed by atoms with E-state index in [9.17, 15) is 22.8 Å². The van der Waals surface area contributed by atoms with Gasteiger partial charge in [-0.25, -0.2) is 13.3 Å². The number of hydrogen-bond acceptors (Lipinski definition) is 6. The van der Waals surface area contributed by atoms with E-state index in [-0.39, 0.29) is 18.1 Å². The van der Waals surface area contributed by atoms with Crippen molar-refractivity contribution < 1.29 is 22.8 Å². The van der Waals surface area contributed by atoms with Crippen molar-refractivity contribution in [2.45, 2.75) is 0 Å². The van der Waals surface area contributed by atoms with E-state index in [2.05, 4.69) is 9.71 Å². The van der Waals surface area contributed by atoms with Crippen molar-refractivity contribution in [1.82, 2.24) is 4.90 Å². The van der Waals surface area contributed by atoms with Crippen LogP contribution in [0.4, 0.5) is 11.4 Å². The van der Waals surface area contributed by atoms with Crippen molar-refractivity contribution in [3.05, 3.63) is 83.6 Å². The number of nitrogens with zero attached hydrogens (tertiary/aromatic N) is 3. The maximum atomic E-state index is 12.7. The molecular weight excluding hydrogens is 432 g/mol. The summed E-state index contributed by atoms with van der Waals surface area (Å²) in [6, 6.07) is 13.1. The van der Waals surface area contributed by atoms with Crippen LogP contribution >= 0.6 is 0 Å². The van der Waals surface area contributed by atoms with Crippen molar-refractivity contribution in [1.29, 1.82) is 0 Å². The molecule has 2 aromatic rings. The third kappa shape index (κ3) is 3.40. The number of amides is 3. The molecular formula is C22H16N4O5S. The summed E-state index contributed by atoms with van der Waals surface area (Å²) in [6.45, 7) is 0.206. The number of nitrogens with one attached hydrogen (secondary N) is 1. The molecule has 1 N–H and O–H groups in total. The minimum Gasteiger partial charge on any atom is -0.330 e. The van der Waals surface area contributed by atoms with Gasteiger partial charge in [-0.2, -0.15) is 0 Å². The molecule has 9 nitrogen and oxygen atoms in total. The summed E-state index contributed by atoms with van der Waals surface area (Å²) in [5.74, 6) is -1.12. The van der Waals surface area contributed by atoms with Crippen LogP contribution in [0.15, 0.2) is 76.9 Å². The normalized spacial score (nSPS) is 18.6. The summed E-state index contributed by atoms with van der Waals surface area (Å²) in [4.78, 5) is 40.8. The first kappa shape index (κ1) is 19.9. The van der Waals surface area contributed by atoms with Crippen LogP contribution in [0.2, 0.25) is 0 Å². The summed E-state index contributed by atoms with van der Waals surface area (Å²) in [5.41, 5.74) is 1.74. The van der Waals surface area contributed by atoms with Gasteiger partial charge in [-0.3, -0.25) is 14.4 Å². The van der Waals surface area contributed by atoms with Crippen LogP contribution in [-0.4, -0.2) is 49.2 Å².